The van der Waals surface area contributed by atoms with Crippen molar-refractivity contribution in [3.63, 3.8) is 0 Å². The number of hydrogen-bond donors (Lipinski definition) is 0. The summed E-state index contributed by atoms with van der Waals surface area (Å²) in [5.41, 5.74) is 0.387. The summed E-state index contributed by atoms with van der Waals surface area (Å²) in [6.45, 7) is 2.53. The Bertz CT molecular complexity index is 300. The van der Waals surface area contributed by atoms with Gasteiger partial charge in [-0.05, 0) is 26.0 Å². The van der Waals surface area contributed by atoms with Gasteiger partial charge in [0.15, 0.2) is 0 Å². The zero-order valence-electron chi connectivity index (χ0n) is 7.59. The van der Waals surface area contributed by atoms with E-state index in [1.54, 1.807) is 18.2 Å². The molecule has 0 saturated carbocycles. The fraction of sp³-hybridized carbons (Fsp3) is 0.300. The van der Waals surface area contributed by atoms with Crippen molar-refractivity contribution in [3.05, 3.63) is 35.9 Å². The van der Waals surface area contributed by atoms with Gasteiger partial charge in [-0.15, -0.1) is 0 Å². The van der Waals surface area contributed by atoms with Crippen LogP contribution in [0.25, 0.3) is 5.57 Å². The lowest BCUT2D eigenvalue weighted by molar-refractivity contribution is 0.434. The minimum Gasteiger partial charge on any atom is -0.256 e. The largest absolute Gasteiger partial charge is 0.256 e. The van der Waals surface area contributed by atoms with Gasteiger partial charge in [-0.2, -0.15) is 0 Å². The Labute approximate surface area is 76.1 Å². The Balaban J connectivity index is 3.12. The van der Waals surface area contributed by atoms with E-state index < -0.39 is 12.0 Å². The number of aromatic nitrogens is 1. The van der Waals surface area contributed by atoms with Gasteiger partial charge in [0.05, 0.1) is 5.69 Å². The maximum absolute atomic E-state index is 13.0. The van der Waals surface area contributed by atoms with Gasteiger partial charge in [-0.1, -0.05) is 6.07 Å². The van der Waals surface area contributed by atoms with Crippen LogP contribution in [0, 0.1) is 0 Å². The molecule has 0 aliphatic carbocycles. The highest BCUT2D eigenvalue weighted by Crippen LogP contribution is 2.23. The molecule has 0 bridgehead atoms. The molecule has 1 aromatic heterocycles. The molecular formula is C10H11F2N. The molecule has 0 fully saturated rings. The third kappa shape index (κ3) is 2.34. The first kappa shape index (κ1) is 9.84. The minimum absolute atomic E-state index is 0.0283. The van der Waals surface area contributed by atoms with Gasteiger partial charge in [0, 0.05) is 11.8 Å². The molecule has 0 radical (unpaired) electrons. The fourth-order valence-corrected chi connectivity index (χ4v) is 1.18. The molecule has 70 valence electrons. The lowest BCUT2D eigenvalue weighted by atomic mass is 10.1. The van der Waals surface area contributed by atoms with Gasteiger partial charge in [-0.3, -0.25) is 4.98 Å². The molecule has 1 unspecified atom stereocenters. The van der Waals surface area contributed by atoms with Gasteiger partial charge in [0.25, 0.3) is 0 Å². The summed E-state index contributed by atoms with van der Waals surface area (Å²) in [6.07, 6.45) is 0.181. The molecule has 0 aromatic carbocycles. The van der Waals surface area contributed by atoms with Gasteiger partial charge in [0.1, 0.15) is 12.0 Å². The molecule has 1 rings (SSSR count). The highest BCUT2D eigenvalue weighted by molar-refractivity contribution is 5.67. The Hall–Kier alpha value is -1.25. The van der Waals surface area contributed by atoms with E-state index in [0.29, 0.717) is 5.69 Å². The van der Waals surface area contributed by atoms with E-state index in [0.717, 1.165) is 0 Å². The standard InChI is InChI=1S/C10H11F2N/c1-7(11)10(8(2)12)9-5-3-4-6-13-9/h3-7H,1-2H3/b10-8-. The molecule has 0 spiro atoms. The first-order valence-corrected chi connectivity index (χ1v) is 4.04. The van der Waals surface area contributed by atoms with E-state index in [1.807, 2.05) is 0 Å². The Morgan fingerprint density at radius 2 is 2.15 bits per heavy atom. The molecule has 0 N–H and O–H groups in total. The zero-order chi connectivity index (χ0) is 9.84. The van der Waals surface area contributed by atoms with Gasteiger partial charge >= 0.3 is 0 Å². The van der Waals surface area contributed by atoms with E-state index >= 15 is 0 Å². The number of hydrogen-bond acceptors (Lipinski definition) is 1. The number of nitrogens with zero attached hydrogens (tertiary/aromatic N) is 1. The quantitative estimate of drug-likeness (QED) is 0.686. The normalized spacial score (nSPS) is 15.1. The molecular weight excluding hydrogens is 172 g/mol. The van der Waals surface area contributed by atoms with Crippen LogP contribution in [0.4, 0.5) is 8.78 Å². The molecule has 13 heavy (non-hydrogen) atoms. The Morgan fingerprint density at radius 1 is 1.46 bits per heavy atom. The molecule has 0 amide bonds. The maximum atomic E-state index is 13.0. The molecule has 1 atom stereocenters. The second kappa shape index (κ2) is 4.12. The van der Waals surface area contributed by atoms with Crippen LogP contribution in [0.1, 0.15) is 19.5 Å². The number of allylic oxidation sites excluding steroid dienone is 2. The Morgan fingerprint density at radius 3 is 2.54 bits per heavy atom. The van der Waals surface area contributed by atoms with Crippen LogP contribution < -0.4 is 0 Å². The van der Waals surface area contributed by atoms with Gasteiger partial charge in [-0.25, -0.2) is 8.78 Å². The summed E-state index contributed by atoms with van der Waals surface area (Å²) in [6, 6.07) is 5.00. The topological polar surface area (TPSA) is 12.9 Å². The van der Waals surface area contributed by atoms with Crippen molar-refractivity contribution in [2.45, 2.75) is 20.0 Å². The van der Waals surface area contributed by atoms with E-state index in [4.69, 9.17) is 0 Å². The van der Waals surface area contributed by atoms with Crippen LogP contribution >= 0.6 is 0 Å². The van der Waals surface area contributed by atoms with Crippen molar-refractivity contribution in [3.8, 4) is 0 Å². The summed E-state index contributed by atoms with van der Waals surface area (Å²) < 4.78 is 25.9. The van der Waals surface area contributed by atoms with Crippen molar-refractivity contribution in [2.24, 2.45) is 0 Å². The third-order valence-electron chi connectivity index (χ3n) is 1.71. The molecule has 1 nitrogen and oxygen atoms in total. The van der Waals surface area contributed by atoms with Crippen LogP contribution in [0.2, 0.25) is 0 Å². The van der Waals surface area contributed by atoms with Crippen molar-refractivity contribution < 1.29 is 8.78 Å². The smallest absolute Gasteiger partial charge is 0.127 e. The lowest BCUT2D eigenvalue weighted by Crippen LogP contribution is -2.01. The van der Waals surface area contributed by atoms with E-state index in [2.05, 4.69) is 4.98 Å². The monoisotopic (exact) mass is 183 g/mol. The van der Waals surface area contributed by atoms with Crippen molar-refractivity contribution in [1.82, 2.24) is 4.98 Å². The van der Waals surface area contributed by atoms with Crippen LogP contribution in [-0.4, -0.2) is 11.2 Å². The van der Waals surface area contributed by atoms with Crippen molar-refractivity contribution in [2.75, 3.05) is 0 Å². The maximum Gasteiger partial charge on any atom is 0.127 e. The number of alkyl halides is 1. The number of halogens is 2. The molecule has 0 saturated heterocycles. The average Bonchev–Trinajstić information content (AvgIpc) is 2.04. The highest BCUT2D eigenvalue weighted by atomic mass is 19.1. The predicted molar refractivity (Wildman–Crippen MR) is 48.5 cm³/mol. The summed E-state index contributed by atoms with van der Waals surface area (Å²) in [4.78, 5) is 3.88. The minimum atomic E-state index is -1.33. The highest BCUT2D eigenvalue weighted by Gasteiger charge is 2.14. The Kier molecular flexibility index (Phi) is 3.12. The second-order valence-corrected chi connectivity index (χ2v) is 2.78. The fourth-order valence-electron chi connectivity index (χ4n) is 1.18. The van der Waals surface area contributed by atoms with E-state index in [1.165, 1.54) is 20.0 Å². The molecule has 1 heterocycles. The number of rotatable bonds is 2. The summed E-state index contributed by atoms with van der Waals surface area (Å²) in [5, 5.41) is 0. The van der Waals surface area contributed by atoms with Crippen LogP contribution in [-0.2, 0) is 0 Å². The van der Waals surface area contributed by atoms with E-state index in [9.17, 15) is 8.78 Å². The predicted octanol–water partition coefficient (Wildman–Crippen LogP) is 3.14. The van der Waals surface area contributed by atoms with Crippen LogP contribution in [0.15, 0.2) is 30.2 Å². The van der Waals surface area contributed by atoms with Gasteiger partial charge in [0.2, 0.25) is 0 Å². The van der Waals surface area contributed by atoms with E-state index in [-0.39, 0.29) is 5.57 Å². The summed E-state index contributed by atoms with van der Waals surface area (Å²) >= 11 is 0. The first-order valence-electron chi connectivity index (χ1n) is 4.04. The molecule has 3 heteroatoms. The molecule has 0 aliphatic rings. The average molecular weight is 183 g/mol. The summed E-state index contributed by atoms with van der Waals surface area (Å²) in [7, 11) is 0. The number of pyridine rings is 1. The van der Waals surface area contributed by atoms with Crippen molar-refractivity contribution >= 4 is 5.57 Å². The van der Waals surface area contributed by atoms with Crippen molar-refractivity contribution in [1.29, 1.82) is 0 Å². The zero-order valence-corrected chi connectivity index (χ0v) is 7.59. The summed E-state index contributed by atoms with van der Waals surface area (Å²) in [5.74, 6) is -0.520. The second-order valence-electron chi connectivity index (χ2n) is 2.78. The van der Waals surface area contributed by atoms with Gasteiger partial charge < -0.3 is 0 Å². The molecule has 0 aliphatic heterocycles. The van der Waals surface area contributed by atoms with Crippen LogP contribution in [0.3, 0.4) is 0 Å². The lowest BCUT2D eigenvalue weighted by Gasteiger charge is -2.07. The van der Waals surface area contributed by atoms with Crippen LogP contribution in [0.5, 0.6) is 0 Å². The SMILES string of the molecule is C/C(F)=C(/c1ccccn1)C(C)F. The first-order chi connectivity index (χ1) is 6.13. The molecule has 1 aromatic rings. The third-order valence-corrected chi connectivity index (χ3v) is 1.71.